The molecule has 2 aromatic rings. The van der Waals surface area contributed by atoms with Gasteiger partial charge in [0.15, 0.2) is 0 Å². The van der Waals surface area contributed by atoms with Gasteiger partial charge in [-0.1, -0.05) is 18.2 Å². The van der Waals surface area contributed by atoms with Gasteiger partial charge >= 0.3 is 6.18 Å². The molecular weight excluding hydrogens is 271 g/mol. The molecule has 1 aromatic heterocycles. The van der Waals surface area contributed by atoms with Crippen LogP contribution in [0.4, 0.5) is 13.2 Å². The molecule has 0 aliphatic heterocycles. The number of benzene rings is 1. The molecular formula is C14H14F3NO2. The van der Waals surface area contributed by atoms with E-state index in [1.54, 1.807) is 0 Å². The summed E-state index contributed by atoms with van der Waals surface area (Å²) in [5, 5.41) is 8.80. The Kier molecular flexibility index (Phi) is 4.15. The Morgan fingerprint density at radius 2 is 1.85 bits per heavy atom. The van der Waals surface area contributed by atoms with Crippen molar-refractivity contribution in [2.45, 2.75) is 18.6 Å². The molecule has 0 radical (unpaired) electrons. The van der Waals surface area contributed by atoms with E-state index in [9.17, 15) is 13.2 Å². The molecule has 1 heterocycles. The smallest absolute Gasteiger partial charge is 0.417 e. The average molecular weight is 285 g/mol. The number of furan rings is 1. The Bertz CT molecular complexity index is 578. The van der Waals surface area contributed by atoms with Crippen LogP contribution in [-0.2, 0) is 6.18 Å². The first-order valence-corrected chi connectivity index (χ1v) is 6.06. The van der Waals surface area contributed by atoms with Crippen molar-refractivity contribution in [2.24, 2.45) is 5.73 Å². The van der Waals surface area contributed by atoms with E-state index in [1.165, 1.54) is 30.3 Å². The van der Waals surface area contributed by atoms with E-state index in [2.05, 4.69) is 0 Å². The van der Waals surface area contributed by atoms with Crippen LogP contribution in [0.1, 0.15) is 23.8 Å². The minimum atomic E-state index is -4.45. The van der Waals surface area contributed by atoms with Crippen LogP contribution in [0.3, 0.4) is 0 Å². The highest BCUT2D eigenvalue weighted by Crippen LogP contribution is 2.37. The summed E-state index contributed by atoms with van der Waals surface area (Å²) in [6, 6.07) is 7.65. The van der Waals surface area contributed by atoms with E-state index in [0.717, 1.165) is 6.07 Å². The third-order valence-corrected chi connectivity index (χ3v) is 2.93. The van der Waals surface area contributed by atoms with Crippen molar-refractivity contribution in [3.8, 4) is 11.3 Å². The molecule has 0 aliphatic rings. The third kappa shape index (κ3) is 3.02. The van der Waals surface area contributed by atoms with Gasteiger partial charge in [-0.05, 0) is 24.6 Å². The van der Waals surface area contributed by atoms with Gasteiger partial charge in [0.1, 0.15) is 11.5 Å². The summed E-state index contributed by atoms with van der Waals surface area (Å²) in [5.41, 5.74) is 4.97. The maximum atomic E-state index is 12.9. The molecule has 1 atom stereocenters. The Morgan fingerprint density at radius 1 is 1.15 bits per heavy atom. The highest BCUT2D eigenvalue weighted by molar-refractivity contribution is 5.63. The van der Waals surface area contributed by atoms with Gasteiger partial charge < -0.3 is 15.3 Å². The average Bonchev–Trinajstić information content (AvgIpc) is 2.87. The van der Waals surface area contributed by atoms with Gasteiger partial charge in [-0.2, -0.15) is 13.2 Å². The summed E-state index contributed by atoms with van der Waals surface area (Å²) in [7, 11) is 0. The number of hydrogen-bond acceptors (Lipinski definition) is 3. The summed E-state index contributed by atoms with van der Waals surface area (Å²) in [4.78, 5) is 0. The van der Waals surface area contributed by atoms with Gasteiger partial charge in [-0.15, -0.1) is 0 Å². The van der Waals surface area contributed by atoms with Crippen LogP contribution in [-0.4, -0.2) is 11.7 Å². The summed E-state index contributed by atoms with van der Waals surface area (Å²) in [5.74, 6) is 0.465. The molecule has 0 fully saturated rings. The van der Waals surface area contributed by atoms with E-state index in [0.29, 0.717) is 5.76 Å². The summed E-state index contributed by atoms with van der Waals surface area (Å²) < 4.78 is 44.1. The van der Waals surface area contributed by atoms with Crippen LogP contribution >= 0.6 is 0 Å². The minimum absolute atomic E-state index is 0.0255. The summed E-state index contributed by atoms with van der Waals surface area (Å²) in [6.45, 7) is -0.115. The van der Waals surface area contributed by atoms with Crippen molar-refractivity contribution in [2.75, 3.05) is 6.61 Å². The van der Waals surface area contributed by atoms with Crippen molar-refractivity contribution in [3.05, 3.63) is 47.7 Å². The molecule has 0 saturated heterocycles. The Hall–Kier alpha value is -1.79. The van der Waals surface area contributed by atoms with Gasteiger partial charge in [-0.25, -0.2) is 0 Å². The van der Waals surface area contributed by atoms with Gasteiger partial charge in [0, 0.05) is 12.2 Å². The number of nitrogens with two attached hydrogens (primary N) is 1. The van der Waals surface area contributed by atoms with Gasteiger partial charge in [0.05, 0.1) is 11.6 Å². The molecule has 3 N–H and O–H groups in total. The molecule has 0 saturated carbocycles. The highest BCUT2D eigenvalue weighted by atomic mass is 19.4. The van der Waals surface area contributed by atoms with Crippen molar-refractivity contribution >= 4 is 0 Å². The van der Waals surface area contributed by atoms with E-state index >= 15 is 0 Å². The number of aliphatic hydroxyl groups is 1. The fourth-order valence-electron chi connectivity index (χ4n) is 1.92. The molecule has 0 aliphatic carbocycles. The lowest BCUT2D eigenvalue weighted by Crippen LogP contribution is -2.10. The Balaban J connectivity index is 2.38. The molecule has 0 amide bonds. The Labute approximate surface area is 113 Å². The van der Waals surface area contributed by atoms with E-state index < -0.39 is 17.8 Å². The SMILES string of the molecule is NC(CCO)c1ccc(-c2ccccc2C(F)(F)F)o1. The lowest BCUT2D eigenvalue weighted by Gasteiger charge is -2.11. The van der Waals surface area contributed by atoms with Crippen molar-refractivity contribution in [3.63, 3.8) is 0 Å². The van der Waals surface area contributed by atoms with Crippen molar-refractivity contribution in [1.29, 1.82) is 0 Å². The minimum Gasteiger partial charge on any atom is -0.459 e. The standard InChI is InChI=1S/C14H14F3NO2/c15-14(16,17)10-4-2-1-3-9(10)12-5-6-13(20-12)11(18)7-8-19/h1-6,11,19H,7-8,18H2. The molecule has 6 heteroatoms. The number of aliphatic hydroxyl groups excluding tert-OH is 1. The van der Waals surface area contributed by atoms with E-state index in [-0.39, 0.29) is 24.4 Å². The first-order valence-electron chi connectivity index (χ1n) is 6.06. The second-order valence-corrected chi connectivity index (χ2v) is 4.36. The second kappa shape index (κ2) is 5.68. The van der Waals surface area contributed by atoms with Crippen LogP contribution in [0.2, 0.25) is 0 Å². The van der Waals surface area contributed by atoms with E-state index in [4.69, 9.17) is 15.3 Å². The predicted octanol–water partition coefficient (Wildman–Crippen LogP) is 3.35. The molecule has 20 heavy (non-hydrogen) atoms. The largest absolute Gasteiger partial charge is 0.459 e. The Morgan fingerprint density at radius 3 is 2.50 bits per heavy atom. The van der Waals surface area contributed by atoms with Crippen LogP contribution < -0.4 is 5.73 Å². The second-order valence-electron chi connectivity index (χ2n) is 4.36. The molecule has 2 rings (SSSR count). The topological polar surface area (TPSA) is 59.4 Å². The van der Waals surface area contributed by atoms with Gasteiger partial charge in [-0.3, -0.25) is 0 Å². The van der Waals surface area contributed by atoms with E-state index in [1.807, 2.05) is 0 Å². The molecule has 1 unspecified atom stereocenters. The maximum Gasteiger partial charge on any atom is 0.417 e. The fourth-order valence-corrected chi connectivity index (χ4v) is 1.92. The fraction of sp³-hybridized carbons (Fsp3) is 0.286. The lowest BCUT2D eigenvalue weighted by atomic mass is 10.1. The quantitative estimate of drug-likeness (QED) is 0.905. The zero-order valence-corrected chi connectivity index (χ0v) is 10.5. The zero-order valence-electron chi connectivity index (χ0n) is 10.5. The van der Waals surface area contributed by atoms with Crippen LogP contribution in [0.5, 0.6) is 0 Å². The predicted molar refractivity (Wildman–Crippen MR) is 67.8 cm³/mol. The molecule has 3 nitrogen and oxygen atoms in total. The third-order valence-electron chi connectivity index (χ3n) is 2.93. The van der Waals surface area contributed by atoms with Crippen molar-refractivity contribution in [1.82, 2.24) is 0 Å². The molecule has 0 bridgehead atoms. The first-order chi connectivity index (χ1) is 9.43. The molecule has 1 aromatic carbocycles. The molecule has 0 spiro atoms. The maximum absolute atomic E-state index is 12.9. The zero-order chi connectivity index (χ0) is 14.8. The van der Waals surface area contributed by atoms with Gasteiger partial charge in [0.2, 0.25) is 0 Å². The van der Waals surface area contributed by atoms with Gasteiger partial charge in [0.25, 0.3) is 0 Å². The lowest BCUT2D eigenvalue weighted by molar-refractivity contribution is -0.137. The summed E-state index contributed by atoms with van der Waals surface area (Å²) >= 11 is 0. The monoisotopic (exact) mass is 285 g/mol. The van der Waals surface area contributed by atoms with Crippen molar-refractivity contribution < 1.29 is 22.7 Å². The van der Waals surface area contributed by atoms with Crippen LogP contribution in [0, 0.1) is 0 Å². The number of hydrogen-bond donors (Lipinski definition) is 2. The molecule has 108 valence electrons. The number of alkyl halides is 3. The normalized spacial score (nSPS) is 13.4. The highest BCUT2D eigenvalue weighted by Gasteiger charge is 2.34. The summed E-state index contributed by atoms with van der Waals surface area (Å²) in [6.07, 6.45) is -4.16. The van der Waals surface area contributed by atoms with Crippen LogP contribution in [0.25, 0.3) is 11.3 Å². The van der Waals surface area contributed by atoms with Crippen LogP contribution in [0.15, 0.2) is 40.8 Å². The number of halogens is 3. The number of rotatable bonds is 4. The first kappa shape index (κ1) is 14.6.